The van der Waals surface area contributed by atoms with Gasteiger partial charge in [0.25, 0.3) is 0 Å². The van der Waals surface area contributed by atoms with Gasteiger partial charge in [-0.25, -0.2) is 0 Å². The Bertz CT molecular complexity index is 544. The van der Waals surface area contributed by atoms with Crippen LogP contribution in [0.2, 0.25) is 0 Å². The van der Waals surface area contributed by atoms with E-state index in [4.69, 9.17) is 0 Å². The Morgan fingerprint density at radius 2 is 1.95 bits per heavy atom. The van der Waals surface area contributed by atoms with E-state index in [0.717, 1.165) is 13.0 Å². The second-order valence-electron chi connectivity index (χ2n) is 8.32. The number of carbonyl (C=O) groups is 1. The van der Waals surface area contributed by atoms with Crippen LogP contribution in [0.5, 0.6) is 0 Å². The molecule has 1 aliphatic heterocycles. The molecule has 0 unspecified atom stereocenters. The van der Waals surface area contributed by atoms with E-state index in [-0.39, 0.29) is 22.7 Å². The van der Waals surface area contributed by atoms with Gasteiger partial charge in [0.1, 0.15) is 0 Å². The molecule has 3 nitrogen and oxygen atoms in total. The third-order valence-corrected chi connectivity index (χ3v) is 5.88. The summed E-state index contributed by atoms with van der Waals surface area (Å²) in [4.78, 5) is 19.6. The van der Waals surface area contributed by atoms with Crippen LogP contribution < -0.4 is 0 Å². The van der Waals surface area contributed by atoms with E-state index in [9.17, 15) is 4.79 Å². The van der Waals surface area contributed by atoms with Crippen LogP contribution in [-0.2, 0) is 4.79 Å². The number of aromatic nitrogens is 1. The molecular weight excluding hydrogens is 272 g/mol. The summed E-state index contributed by atoms with van der Waals surface area (Å²) in [6, 6.07) is 4.10. The Labute approximate surface area is 135 Å². The van der Waals surface area contributed by atoms with Crippen molar-refractivity contribution in [3.05, 3.63) is 30.1 Å². The van der Waals surface area contributed by atoms with Crippen LogP contribution in [0.3, 0.4) is 0 Å². The van der Waals surface area contributed by atoms with Gasteiger partial charge in [-0.05, 0) is 28.9 Å². The highest BCUT2D eigenvalue weighted by molar-refractivity contribution is 5.88. The average Bonchev–Trinajstić information content (AvgIpc) is 2.73. The molecule has 2 atom stereocenters. The first kappa shape index (κ1) is 17.0. The predicted octanol–water partition coefficient (Wildman–Crippen LogP) is 4.11. The Kier molecular flexibility index (Phi) is 4.14. The van der Waals surface area contributed by atoms with Crippen LogP contribution in [0.1, 0.15) is 59.4 Å². The highest BCUT2D eigenvalue weighted by Gasteiger charge is 2.66. The lowest BCUT2D eigenvalue weighted by Gasteiger charge is -2.54. The summed E-state index contributed by atoms with van der Waals surface area (Å²) in [6.07, 6.45) is 4.71. The molecule has 1 saturated heterocycles. The highest BCUT2D eigenvalue weighted by atomic mass is 16.2. The van der Waals surface area contributed by atoms with E-state index in [2.05, 4.69) is 52.6 Å². The number of hydrogen-bond donors (Lipinski definition) is 0. The summed E-state index contributed by atoms with van der Waals surface area (Å²) in [5.74, 6) is 0.453. The van der Waals surface area contributed by atoms with Gasteiger partial charge in [0.05, 0.1) is 5.41 Å². The smallest absolute Gasteiger partial charge is 0.230 e. The second kappa shape index (κ2) is 5.36. The van der Waals surface area contributed by atoms with Crippen molar-refractivity contribution in [3.8, 4) is 0 Å². The van der Waals surface area contributed by atoms with Gasteiger partial charge in [0.15, 0.2) is 0 Å². The van der Waals surface area contributed by atoms with Crippen molar-refractivity contribution in [2.45, 2.75) is 53.9 Å². The lowest BCUT2D eigenvalue weighted by Crippen LogP contribution is -2.55. The van der Waals surface area contributed by atoms with E-state index >= 15 is 0 Å². The summed E-state index contributed by atoms with van der Waals surface area (Å²) >= 11 is 0. The van der Waals surface area contributed by atoms with E-state index in [1.165, 1.54) is 5.56 Å². The van der Waals surface area contributed by atoms with Gasteiger partial charge in [0.2, 0.25) is 5.91 Å². The number of likely N-dealkylation sites (tertiary alicyclic amines) is 1. The number of amides is 1. The number of carbonyl (C=O) groups excluding carboxylic acids is 1. The van der Waals surface area contributed by atoms with Gasteiger partial charge in [-0.15, -0.1) is 0 Å². The van der Waals surface area contributed by atoms with Crippen molar-refractivity contribution in [2.75, 3.05) is 13.6 Å². The summed E-state index contributed by atoms with van der Waals surface area (Å²) in [6.45, 7) is 14.1. The number of nitrogens with zero attached hydrogens (tertiary/aromatic N) is 2. The van der Waals surface area contributed by atoms with E-state index in [1.807, 2.05) is 24.2 Å². The first-order valence-electron chi connectivity index (χ1n) is 8.25. The van der Waals surface area contributed by atoms with Crippen LogP contribution in [0, 0.1) is 16.2 Å². The average molecular weight is 302 g/mol. The Hall–Kier alpha value is -1.38. The molecule has 2 heterocycles. The molecule has 0 aliphatic carbocycles. The molecule has 1 fully saturated rings. The number of hydrogen-bond acceptors (Lipinski definition) is 2. The number of rotatable bonds is 3. The lowest BCUT2D eigenvalue weighted by atomic mass is 9.47. The van der Waals surface area contributed by atoms with Gasteiger partial charge in [0, 0.05) is 31.9 Å². The zero-order valence-corrected chi connectivity index (χ0v) is 15.1. The molecule has 1 aliphatic rings. The fourth-order valence-corrected chi connectivity index (χ4v) is 4.78. The fourth-order valence-electron chi connectivity index (χ4n) is 4.78. The van der Waals surface area contributed by atoms with Crippen molar-refractivity contribution >= 4 is 5.91 Å². The first-order valence-corrected chi connectivity index (χ1v) is 8.25. The minimum atomic E-state index is -0.424. The Morgan fingerprint density at radius 3 is 2.41 bits per heavy atom. The van der Waals surface area contributed by atoms with Crippen molar-refractivity contribution in [1.82, 2.24) is 9.88 Å². The van der Waals surface area contributed by atoms with Crippen molar-refractivity contribution in [1.29, 1.82) is 0 Å². The molecule has 0 bridgehead atoms. The topological polar surface area (TPSA) is 33.2 Å². The number of pyridine rings is 1. The van der Waals surface area contributed by atoms with Gasteiger partial charge >= 0.3 is 0 Å². The maximum atomic E-state index is 13.4. The molecule has 0 aromatic carbocycles. The van der Waals surface area contributed by atoms with Crippen molar-refractivity contribution < 1.29 is 4.79 Å². The van der Waals surface area contributed by atoms with Crippen LogP contribution in [0.25, 0.3) is 0 Å². The zero-order chi connectivity index (χ0) is 16.8. The molecule has 0 saturated carbocycles. The van der Waals surface area contributed by atoms with Crippen molar-refractivity contribution in [2.24, 2.45) is 16.2 Å². The fraction of sp³-hybridized carbons (Fsp3) is 0.684. The van der Waals surface area contributed by atoms with Crippen LogP contribution in [0.15, 0.2) is 24.5 Å². The molecule has 2 rings (SSSR count). The van der Waals surface area contributed by atoms with Crippen LogP contribution in [0.4, 0.5) is 0 Å². The predicted molar refractivity (Wildman–Crippen MR) is 90.6 cm³/mol. The standard InChI is InChI=1S/C19H30N2O/c1-8-18(5,6)19(17(2,3)4)15(13-21(7)16(19)22)14-10-9-11-20-12-14/h9-12,15H,8,13H2,1-7H3/t15-,19+/m0/s1. The van der Waals surface area contributed by atoms with Crippen LogP contribution in [-0.4, -0.2) is 29.4 Å². The summed E-state index contributed by atoms with van der Waals surface area (Å²) in [5, 5.41) is 0. The summed E-state index contributed by atoms with van der Waals surface area (Å²) in [5.41, 5.74) is 0.534. The first-order chi connectivity index (χ1) is 10.1. The quantitative estimate of drug-likeness (QED) is 0.842. The molecular formula is C19H30N2O. The van der Waals surface area contributed by atoms with E-state index in [1.54, 1.807) is 6.20 Å². The van der Waals surface area contributed by atoms with Gasteiger partial charge in [-0.1, -0.05) is 47.6 Å². The SMILES string of the molecule is CCC(C)(C)[C@@]1(C(C)(C)C)C(=O)N(C)C[C@H]1c1cccnc1. The number of likely N-dealkylation sites (N-methyl/N-ethyl adjacent to an activating group) is 1. The zero-order valence-electron chi connectivity index (χ0n) is 15.1. The minimum Gasteiger partial charge on any atom is -0.345 e. The summed E-state index contributed by atoms with van der Waals surface area (Å²) in [7, 11) is 1.94. The molecule has 1 aromatic rings. The molecule has 0 spiro atoms. The molecule has 22 heavy (non-hydrogen) atoms. The highest BCUT2D eigenvalue weighted by Crippen LogP contribution is 2.64. The summed E-state index contributed by atoms with van der Waals surface area (Å²) < 4.78 is 0. The molecule has 0 radical (unpaired) electrons. The molecule has 0 N–H and O–H groups in total. The third kappa shape index (κ3) is 2.17. The monoisotopic (exact) mass is 302 g/mol. The van der Waals surface area contributed by atoms with E-state index in [0.29, 0.717) is 0 Å². The normalized spacial score (nSPS) is 26.6. The maximum Gasteiger partial charge on any atom is 0.230 e. The largest absolute Gasteiger partial charge is 0.345 e. The van der Waals surface area contributed by atoms with Gasteiger partial charge in [-0.3, -0.25) is 9.78 Å². The maximum absolute atomic E-state index is 13.4. The molecule has 122 valence electrons. The molecule has 3 heteroatoms. The van der Waals surface area contributed by atoms with Gasteiger partial charge < -0.3 is 4.90 Å². The van der Waals surface area contributed by atoms with E-state index < -0.39 is 5.41 Å². The molecule has 1 aromatic heterocycles. The Morgan fingerprint density at radius 1 is 1.32 bits per heavy atom. The second-order valence-corrected chi connectivity index (χ2v) is 8.32. The lowest BCUT2D eigenvalue weighted by molar-refractivity contribution is -0.153. The van der Waals surface area contributed by atoms with Crippen molar-refractivity contribution in [3.63, 3.8) is 0 Å². The minimum absolute atomic E-state index is 0.0897. The molecule has 1 amide bonds. The third-order valence-electron chi connectivity index (χ3n) is 5.88. The van der Waals surface area contributed by atoms with Gasteiger partial charge in [-0.2, -0.15) is 0 Å². The Balaban J connectivity index is 2.74. The van der Waals surface area contributed by atoms with Crippen LogP contribution >= 0.6 is 0 Å².